The first-order chi connectivity index (χ1) is 16.4. The van der Waals surface area contributed by atoms with E-state index in [0.717, 1.165) is 27.7 Å². The minimum atomic E-state index is -1.37. The average Bonchev–Trinajstić information content (AvgIpc) is 3.03. The van der Waals surface area contributed by atoms with Gasteiger partial charge in [0.05, 0.1) is 6.61 Å². The lowest BCUT2D eigenvalue weighted by molar-refractivity contribution is -0.303. The van der Waals surface area contributed by atoms with Gasteiger partial charge in [0.15, 0.2) is 37.0 Å². The molecule has 2 rings (SSSR count). The zero-order chi connectivity index (χ0) is 26.3. The Hall–Kier alpha value is -2.81. The van der Waals surface area contributed by atoms with Crippen LogP contribution in [0.4, 0.5) is 0 Å². The fourth-order valence-corrected chi connectivity index (χ4v) is 3.67. The summed E-state index contributed by atoms with van der Waals surface area (Å²) in [5, 5.41) is 0. The second-order valence-corrected chi connectivity index (χ2v) is 7.75. The molecule has 2 aliphatic rings. The van der Waals surface area contributed by atoms with Gasteiger partial charge in [0.25, 0.3) is 0 Å². The first-order valence-electron chi connectivity index (χ1n) is 10.7. The highest BCUT2D eigenvalue weighted by molar-refractivity contribution is 5.68. The van der Waals surface area contributed by atoms with E-state index in [0.29, 0.717) is 0 Å². The van der Waals surface area contributed by atoms with Crippen molar-refractivity contribution in [1.29, 1.82) is 0 Å². The first kappa shape index (κ1) is 28.4. The van der Waals surface area contributed by atoms with Crippen LogP contribution in [-0.2, 0) is 66.6 Å². The second kappa shape index (κ2) is 12.8. The van der Waals surface area contributed by atoms with Gasteiger partial charge in [-0.05, 0) is 0 Å². The van der Waals surface area contributed by atoms with Crippen molar-refractivity contribution in [3.05, 3.63) is 0 Å². The van der Waals surface area contributed by atoms with Crippen molar-refractivity contribution >= 4 is 29.8 Å². The van der Waals surface area contributed by atoms with E-state index >= 15 is 0 Å². The maximum absolute atomic E-state index is 11.8. The van der Waals surface area contributed by atoms with Gasteiger partial charge in [-0.25, -0.2) is 0 Å². The van der Waals surface area contributed by atoms with Crippen molar-refractivity contribution < 1.29 is 66.6 Å². The maximum Gasteiger partial charge on any atom is 0.303 e. The van der Waals surface area contributed by atoms with E-state index in [4.69, 9.17) is 42.6 Å². The molecule has 0 spiro atoms. The van der Waals surface area contributed by atoms with Crippen molar-refractivity contribution in [1.82, 2.24) is 0 Å². The molecule has 0 N–H and O–H groups in total. The van der Waals surface area contributed by atoms with Gasteiger partial charge in [-0.3, -0.25) is 24.0 Å². The molecular weight excluding hydrogens is 476 g/mol. The summed E-state index contributed by atoms with van der Waals surface area (Å²) in [6.45, 7) is 5.22. The fraction of sp³-hybridized carbons (Fsp3) is 0.762. The SMILES string of the molecule is CO[C@@H]1OC[C@H](O[C@@H]2O[C@H](COC(C)=O)[C@H](OC(C)=O)[C@@H]2OC(C)=O)[C@@H](OC(C)=O)[C@H]1OC(C)=O. The molecule has 0 aliphatic carbocycles. The molecule has 2 heterocycles. The number of rotatable bonds is 9. The van der Waals surface area contributed by atoms with E-state index in [1.807, 2.05) is 0 Å². The van der Waals surface area contributed by atoms with Crippen LogP contribution < -0.4 is 0 Å². The van der Waals surface area contributed by atoms with Crippen LogP contribution in [0.5, 0.6) is 0 Å². The van der Waals surface area contributed by atoms with Gasteiger partial charge in [0.2, 0.25) is 0 Å². The van der Waals surface area contributed by atoms with Crippen molar-refractivity contribution in [3.63, 3.8) is 0 Å². The average molecular weight is 506 g/mol. The van der Waals surface area contributed by atoms with Crippen LogP contribution in [0.1, 0.15) is 34.6 Å². The predicted octanol–water partition coefficient (Wildman–Crippen LogP) is -0.611. The maximum atomic E-state index is 11.8. The van der Waals surface area contributed by atoms with E-state index in [9.17, 15) is 24.0 Å². The fourth-order valence-electron chi connectivity index (χ4n) is 3.67. The number of esters is 5. The minimum Gasteiger partial charge on any atom is -0.463 e. The molecule has 0 aromatic heterocycles. The number of hydrogen-bond donors (Lipinski definition) is 0. The Morgan fingerprint density at radius 3 is 1.66 bits per heavy atom. The Morgan fingerprint density at radius 1 is 0.686 bits per heavy atom. The molecule has 0 saturated carbocycles. The van der Waals surface area contributed by atoms with E-state index in [1.165, 1.54) is 14.0 Å². The lowest BCUT2D eigenvalue weighted by Crippen LogP contribution is -2.58. The topological polar surface area (TPSA) is 168 Å². The molecule has 0 bridgehead atoms. The van der Waals surface area contributed by atoms with Crippen molar-refractivity contribution in [2.24, 2.45) is 0 Å². The predicted molar refractivity (Wildman–Crippen MR) is 109 cm³/mol. The summed E-state index contributed by atoms with van der Waals surface area (Å²) in [5.41, 5.74) is 0. The van der Waals surface area contributed by atoms with Crippen LogP contribution in [0.2, 0.25) is 0 Å². The zero-order valence-electron chi connectivity index (χ0n) is 20.2. The molecule has 2 aliphatic heterocycles. The van der Waals surface area contributed by atoms with Crippen LogP contribution in [0.15, 0.2) is 0 Å². The van der Waals surface area contributed by atoms with Gasteiger partial charge < -0.3 is 42.6 Å². The summed E-state index contributed by atoms with van der Waals surface area (Å²) in [6.07, 6.45) is -9.44. The third-order valence-electron chi connectivity index (χ3n) is 4.85. The molecule has 0 amide bonds. The molecule has 14 heteroatoms. The number of hydrogen-bond acceptors (Lipinski definition) is 14. The molecule has 198 valence electrons. The highest BCUT2D eigenvalue weighted by Crippen LogP contribution is 2.32. The van der Waals surface area contributed by atoms with Crippen molar-refractivity contribution in [3.8, 4) is 0 Å². The van der Waals surface area contributed by atoms with E-state index in [-0.39, 0.29) is 13.2 Å². The van der Waals surface area contributed by atoms with Gasteiger partial charge in [-0.2, -0.15) is 0 Å². The molecule has 2 fully saturated rings. The second-order valence-electron chi connectivity index (χ2n) is 7.75. The molecule has 8 atom stereocenters. The highest BCUT2D eigenvalue weighted by Gasteiger charge is 2.54. The molecule has 35 heavy (non-hydrogen) atoms. The van der Waals surface area contributed by atoms with Gasteiger partial charge >= 0.3 is 29.8 Å². The van der Waals surface area contributed by atoms with E-state index in [1.54, 1.807) is 0 Å². The summed E-state index contributed by atoms with van der Waals surface area (Å²) < 4.78 is 48.6. The molecule has 0 aromatic carbocycles. The molecule has 14 nitrogen and oxygen atoms in total. The molecule has 0 unspecified atom stereocenters. The summed E-state index contributed by atoms with van der Waals surface area (Å²) in [4.78, 5) is 58.2. The van der Waals surface area contributed by atoms with Crippen LogP contribution >= 0.6 is 0 Å². The van der Waals surface area contributed by atoms with Crippen molar-refractivity contribution in [2.75, 3.05) is 20.3 Å². The molecule has 0 aromatic rings. The van der Waals surface area contributed by atoms with Gasteiger partial charge in [-0.1, -0.05) is 0 Å². The van der Waals surface area contributed by atoms with Crippen LogP contribution in [-0.4, -0.2) is 99.4 Å². The van der Waals surface area contributed by atoms with Crippen LogP contribution in [0.25, 0.3) is 0 Å². The Bertz CT molecular complexity index is 797. The zero-order valence-corrected chi connectivity index (χ0v) is 20.2. The monoisotopic (exact) mass is 506 g/mol. The van der Waals surface area contributed by atoms with E-state index in [2.05, 4.69) is 0 Å². The normalized spacial score (nSPS) is 32.3. The van der Waals surface area contributed by atoms with E-state index < -0.39 is 79.1 Å². The largest absolute Gasteiger partial charge is 0.463 e. The third-order valence-corrected chi connectivity index (χ3v) is 4.85. The number of carbonyl (C=O) groups is 5. The van der Waals surface area contributed by atoms with Crippen LogP contribution in [0.3, 0.4) is 0 Å². The summed E-state index contributed by atoms with van der Waals surface area (Å²) in [6, 6.07) is 0. The number of ether oxygens (including phenoxy) is 9. The summed E-state index contributed by atoms with van der Waals surface area (Å²) >= 11 is 0. The number of methoxy groups -OCH3 is 1. The van der Waals surface area contributed by atoms with Gasteiger partial charge in [0.1, 0.15) is 18.8 Å². The highest BCUT2D eigenvalue weighted by atomic mass is 16.8. The van der Waals surface area contributed by atoms with Crippen molar-refractivity contribution in [2.45, 2.75) is 83.8 Å². The smallest absolute Gasteiger partial charge is 0.303 e. The molecular formula is C21H30O14. The Labute approximate surface area is 201 Å². The lowest BCUT2D eigenvalue weighted by Gasteiger charge is -2.41. The van der Waals surface area contributed by atoms with Crippen LogP contribution in [0, 0.1) is 0 Å². The minimum absolute atomic E-state index is 0.201. The lowest BCUT2D eigenvalue weighted by atomic mass is 10.0. The van der Waals surface area contributed by atoms with Gasteiger partial charge in [0, 0.05) is 41.7 Å². The standard InChI is InChI=1S/C21H30O14/c1-9(22)28-7-14-17(31-11(3)24)19(33-13(5)26)21(34-14)35-15-8-29-20(27-6)18(32-12(4)25)16(15)30-10(2)23/h14-21H,7-8H2,1-6H3/t14-,15+,16-,17+,18-,19+,20-,21+/m1/s1. The summed E-state index contributed by atoms with van der Waals surface area (Å²) in [5.74, 6) is -3.45. The quantitative estimate of drug-likeness (QED) is 0.287. The Kier molecular flexibility index (Phi) is 10.4. The first-order valence-corrected chi connectivity index (χ1v) is 10.7. The Morgan fingerprint density at radius 2 is 1.17 bits per heavy atom. The number of carbonyl (C=O) groups excluding carboxylic acids is 5. The molecule has 2 saturated heterocycles. The third kappa shape index (κ3) is 8.13. The van der Waals surface area contributed by atoms with Gasteiger partial charge in [-0.15, -0.1) is 0 Å². The Balaban J connectivity index is 2.34. The summed E-state index contributed by atoms with van der Waals surface area (Å²) in [7, 11) is 1.31. The molecule has 0 radical (unpaired) electrons.